The Morgan fingerprint density at radius 2 is 1.55 bits per heavy atom. The fourth-order valence-corrected chi connectivity index (χ4v) is 2.73. The molecule has 0 aliphatic heterocycles. The Hall–Kier alpha value is -3.79. The number of amides is 2. The number of nitrogens with zero attached hydrogens (tertiary/aromatic N) is 1. The Morgan fingerprint density at radius 1 is 1.00 bits per heavy atom. The van der Waals surface area contributed by atoms with Crippen LogP contribution in [0.4, 0.5) is 4.79 Å². The van der Waals surface area contributed by atoms with E-state index in [-0.39, 0.29) is 18.2 Å². The zero-order chi connectivity index (χ0) is 22.7. The predicted molar refractivity (Wildman–Crippen MR) is 119 cm³/mol. The Labute approximate surface area is 183 Å². The van der Waals surface area contributed by atoms with Gasteiger partial charge in [-0.05, 0) is 31.9 Å². The standard InChI is InChI=1S/C24H28N4O3/c1-24(2,3)31-23(30)27-15-14-26-17-20(16-25)22(29)28-21(18-10-6-4-7-11-18)19-12-8-5-9-13-19/h4-13,17,21,26H,14-15H2,1-3H3,(H,27,30)(H,28,29)/b20-17-. The number of carbonyl (C=O) groups is 2. The van der Waals surface area contributed by atoms with Gasteiger partial charge in [-0.3, -0.25) is 4.79 Å². The molecular weight excluding hydrogens is 392 g/mol. The highest BCUT2D eigenvalue weighted by atomic mass is 16.6. The van der Waals surface area contributed by atoms with Crippen LogP contribution >= 0.6 is 0 Å². The second-order valence-electron chi connectivity index (χ2n) is 7.78. The first-order valence-corrected chi connectivity index (χ1v) is 10.0. The van der Waals surface area contributed by atoms with Gasteiger partial charge in [0.15, 0.2) is 0 Å². The Bertz CT molecular complexity index is 889. The number of ether oxygens (including phenoxy) is 1. The van der Waals surface area contributed by atoms with Crippen molar-refractivity contribution in [1.29, 1.82) is 5.26 Å². The molecule has 0 saturated heterocycles. The minimum absolute atomic E-state index is 0.0610. The highest BCUT2D eigenvalue weighted by Gasteiger charge is 2.19. The quantitative estimate of drug-likeness (QED) is 0.345. The van der Waals surface area contributed by atoms with Crippen LogP contribution in [0.1, 0.15) is 37.9 Å². The van der Waals surface area contributed by atoms with Crippen LogP contribution in [0, 0.1) is 11.3 Å². The maximum atomic E-state index is 12.7. The number of carbonyl (C=O) groups excluding carboxylic acids is 2. The van der Waals surface area contributed by atoms with Crippen molar-refractivity contribution in [2.75, 3.05) is 13.1 Å². The summed E-state index contributed by atoms with van der Waals surface area (Å²) >= 11 is 0. The molecule has 0 atom stereocenters. The molecule has 2 rings (SSSR count). The maximum absolute atomic E-state index is 12.7. The van der Waals surface area contributed by atoms with Gasteiger partial charge in [0.05, 0.1) is 6.04 Å². The lowest BCUT2D eigenvalue weighted by Gasteiger charge is -2.20. The lowest BCUT2D eigenvalue weighted by molar-refractivity contribution is -0.117. The number of alkyl carbamates (subject to hydrolysis) is 1. The van der Waals surface area contributed by atoms with Crippen molar-refractivity contribution in [2.45, 2.75) is 32.4 Å². The number of hydrogen-bond donors (Lipinski definition) is 3. The zero-order valence-corrected chi connectivity index (χ0v) is 18.0. The SMILES string of the molecule is CC(C)(C)OC(=O)NCCN/C=C(/C#N)C(=O)NC(c1ccccc1)c1ccccc1. The van der Waals surface area contributed by atoms with Crippen LogP contribution in [-0.4, -0.2) is 30.7 Å². The molecule has 0 saturated carbocycles. The first-order valence-electron chi connectivity index (χ1n) is 10.0. The van der Waals surface area contributed by atoms with Crippen molar-refractivity contribution in [3.63, 3.8) is 0 Å². The van der Waals surface area contributed by atoms with Gasteiger partial charge in [-0.2, -0.15) is 5.26 Å². The van der Waals surface area contributed by atoms with Gasteiger partial charge in [0, 0.05) is 19.3 Å². The van der Waals surface area contributed by atoms with Gasteiger partial charge in [-0.1, -0.05) is 60.7 Å². The molecule has 0 fully saturated rings. The monoisotopic (exact) mass is 420 g/mol. The molecule has 7 heteroatoms. The molecule has 0 aliphatic carbocycles. The van der Waals surface area contributed by atoms with Gasteiger partial charge < -0.3 is 20.7 Å². The molecular formula is C24H28N4O3. The van der Waals surface area contributed by atoms with E-state index < -0.39 is 17.6 Å². The third-order valence-corrected chi connectivity index (χ3v) is 4.09. The van der Waals surface area contributed by atoms with Crippen LogP contribution in [0.15, 0.2) is 72.4 Å². The first-order chi connectivity index (χ1) is 14.8. The van der Waals surface area contributed by atoms with E-state index in [9.17, 15) is 14.9 Å². The summed E-state index contributed by atoms with van der Waals surface area (Å²) in [5.41, 5.74) is 1.19. The molecule has 0 unspecified atom stereocenters. The molecule has 7 nitrogen and oxygen atoms in total. The minimum atomic E-state index is -0.572. The van der Waals surface area contributed by atoms with Crippen LogP contribution < -0.4 is 16.0 Å². The predicted octanol–water partition coefficient (Wildman–Crippen LogP) is 3.41. The molecule has 0 bridgehead atoms. The maximum Gasteiger partial charge on any atom is 0.407 e. The molecule has 0 heterocycles. The topological polar surface area (TPSA) is 103 Å². The van der Waals surface area contributed by atoms with Gasteiger partial charge in [0.1, 0.15) is 17.2 Å². The van der Waals surface area contributed by atoms with Crippen LogP contribution in [-0.2, 0) is 9.53 Å². The molecule has 3 N–H and O–H groups in total. The number of hydrogen-bond acceptors (Lipinski definition) is 5. The average Bonchev–Trinajstić information content (AvgIpc) is 2.74. The summed E-state index contributed by atoms with van der Waals surface area (Å²) in [6, 6.07) is 20.6. The van der Waals surface area contributed by atoms with Crippen LogP contribution in [0.25, 0.3) is 0 Å². The molecule has 31 heavy (non-hydrogen) atoms. The molecule has 2 aromatic carbocycles. The third kappa shape index (κ3) is 8.23. The minimum Gasteiger partial charge on any atom is -0.444 e. The van der Waals surface area contributed by atoms with Crippen molar-refractivity contribution in [1.82, 2.24) is 16.0 Å². The molecule has 0 radical (unpaired) electrons. The van der Waals surface area contributed by atoms with Gasteiger partial charge in [-0.15, -0.1) is 0 Å². The van der Waals surface area contributed by atoms with E-state index in [4.69, 9.17) is 4.74 Å². The third-order valence-electron chi connectivity index (χ3n) is 4.09. The lowest BCUT2D eigenvalue weighted by Crippen LogP contribution is -2.36. The fraction of sp³-hybridized carbons (Fsp3) is 0.292. The van der Waals surface area contributed by atoms with Crippen LogP contribution in [0.2, 0.25) is 0 Å². The van der Waals surface area contributed by atoms with E-state index in [0.717, 1.165) is 11.1 Å². The summed E-state index contributed by atoms with van der Waals surface area (Å²) in [5, 5.41) is 17.8. The average molecular weight is 421 g/mol. The Morgan fingerprint density at radius 3 is 2.03 bits per heavy atom. The van der Waals surface area contributed by atoms with Crippen LogP contribution in [0.3, 0.4) is 0 Å². The summed E-state index contributed by atoms with van der Waals surface area (Å²) in [7, 11) is 0. The van der Waals surface area contributed by atoms with Gasteiger partial charge in [0.25, 0.3) is 5.91 Å². The lowest BCUT2D eigenvalue weighted by atomic mass is 9.98. The second-order valence-corrected chi connectivity index (χ2v) is 7.78. The molecule has 0 aliphatic rings. The molecule has 162 valence electrons. The van der Waals surface area contributed by atoms with Crippen molar-refractivity contribution in [2.24, 2.45) is 0 Å². The summed E-state index contributed by atoms with van der Waals surface area (Å²) in [6.45, 7) is 5.96. The van der Waals surface area contributed by atoms with Crippen molar-refractivity contribution in [3.8, 4) is 6.07 Å². The van der Waals surface area contributed by atoms with E-state index >= 15 is 0 Å². The molecule has 0 spiro atoms. The number of benzene rings is 2. The van der Waals surface area contributed by atoms with Crippen molar-refractivity contribution >= 4 is 12.0 Å². The Kier molecular flexibility index (Phi) is 8.64. The summed E-state index contributed by atoms with van der Waals surface area (Å²) in [4.78, 5) is 24.3. The molecule has 2 amide bonds. The van der Waals surface area contributed by atoms with E-state index in [0.29, 0.717) is 6.54 Å². The second kappa shape index (κ2) is 11.4. The normalized spacial score (nSPS) is 11.4. The smallest absolute Gasteiger partial charge is 0.407 e. The summed E-state index contributed by atoms with van der Waals surface area (Å²) < 4.78 is 5.14. The van der Waals surface area contributed by atoms with Gasteiger partial charge in [-0.25, -0.2) is 4.79 Å². The zero-order valence-electron chi connectivity index (χ0n) is 18.0. The first kappa shape index (κ1) is 23.5. The van der Waals surface area contributed by atoms with Crippen molar-refractivity contribution in [3.05, 3.63) is 83.6 Å². The van der Waals surface area contributed by atoms with Crippen molar-refractivity contribution < 1.29 is 14.3 Å². The van der Waals surface area contributed by atoms with Crippen LogP contribution in [0.5, 0.6) is 0 Å². The van der Waals surface area contributed by atoms with Gasteiger partial charge in [0.2, 0.25) is 0 Å². The molecule has 0 aromatic heterocycles. The van der Waals surface area contributed by atoms with E-state index in [2.05, 4.69) is 16.0 Å². The fourth-order valence-electron chi connectivity index (χ4n) is 2.73. The Balaban J connectivity index is 1.97. The highest BCUT2D eigenvalue weighted by Crippen LogP contribution is 2.22. The van der Waals surface area contributed by atoms with E-state index in [1.165, 1.54) is 6.20 Å². The largest absolute Gasteiger partial charge is 0.444 e. The number of nitrogens with one attached hydrogen (secondary N) is 3. The number of rotatable bonds is 8. The van der Waals surface area contributed by atoms with Gasteiger partial charge >= 0.3 is 6.09 Å². The summed E-state index contributed by atoms with van der Waals surface area (Å²) in [5.74, 6) is -0.493. The van der Waals surface area contributed by atoms with E-state index in [1.807, 2.05) is 66.7 Å². The van der Waals surface area contributed by atoms with E-state index in [1.54, 1.807) is 20.8 Å². The molecule has 2 aromatic rings. The summed E-state index contributed by atoms with van der Waals surface area (Å²) in [6.07, 6.45) is 0.823. The number of nitriles is 1. The highest BCUT2D eigenvalue weighted by molar-refractivity contribution is 5.97.